The van der Waals surface area contributed by atoms with Crippen molar-refractivity contribution in [2.24, 2.45) is 10.2 Å². The van der Waals surface area contributed by atoms with Gasteiger partial charge in [0.25, 0.3) is 0 Å². The van der Waals surface area contributed by atoms with Crippen LogP contribution < -0.4 is 0 Å². The van der Waals surface area contributed by atoms with Crippen molar-refractivity contribution >= 4 is 0 Å². The van der Waals surface area contributed by atoms with Gasteiger partial charge in [-0.2, -0.15) is 20.8 Å². The minimum atomic E-state index is -0.814. The van der Waals surface area contributed by atoms with Crippen LogP contribution in [-0.4, -0.2) is 11.6 Å². The van der Waals surface area contributed by atoms with Crippen LogP contribution in [0.15, 0.2) is 10.2 Å². The molecule has 0 bridgehead atoms. The summed E-state index contributed by atoms with van der Waals surface area (Å²) in [5.74, 6) is 0. The van der Waals surface area contributed by atoms with Gasteiger partial charge in [0.1, 0.15) is 0 Å². The first kappa shape index (κ1) is 9.58. The van der Waals surface area contributed by atoms with Gasteiger partial charge in [-0.05, 0) is 20.8 Å². The van der Waals surface area contributed by atoms with Crippen LogP contribution in [0.1, 0.15) is 20.8 Å². The zero-order chi connectivity index (χ0) is 8.91. The molecule has 0 aliphatic rings. The van der Waals surface area contributed by atoms with E-state index >= 15 is 0 Å². The van der Waals surface area contributed by atoms with Crippen LogP contribution >= 0.6 is 0 Å². The van der Waals surface area contributed by atoms with Crippen molar-refractivity contribution < 1.29 is 0 Å². The SMILES string of the molecule is CC(C#N)/N=N/C(C)(C)C#N. The molecule has 0 amide bonds. The highest BCUT2D eigenvalue weighted by molar-refractivity contribution is 4.99. The summed E-state index contributed by atoms with van der Waals surface area (Å²) < 4.78 is 0. The normalized spacial score (nSPS) is 13.9. The van der Waals surface area contributed by atoms with Gasteiger partial charge in [-0.25, -0.2) is 0 Å². The van der Waals surface area contributed by atoms with Gasteiger partial charge in [0.2, 0.25) is 0 Å². The summed E-state index contributed by atoms with van der Waals surface area (Å²) >= 11 is 0. The van der Waals surface area contributed by atoms with Crippen molar-refractivity contribution in [3.05, 3.63) is 0 Å². The van der Waals surface area contributed by atoms with E-state index < -0.39 is 11.6 Å². The number of rotatable bonds is 2. The molecule has 0 aliphatic carbocycles. The highest BCUT2D eigenvalue weighted by atomic mass is 15.2. The van der Waals surface area contributed by atoms with Gasteiger partial charge < -0.3 is 0 Å². The third kappa shape index (κ3) is 4.05. The van der Waals surface area contributed by atoms with Crippen LogP contribution in [0, 0.1) is 22.7 Å². The van der Waals surface area contributed by atoms with E-state index in [1.165, 1.54) is 0 Å². The van der Waals surface area contributed by atoms with E-state index in [-0.39, 0.29) is 0 Å². The Labute approximate surface area is 66.2 Å². The van der Waals surface area contributed by atoms with Gasteiger partial charge in [-0.1, -0.05) is 0 Å². The minimum Gasteiger partial charge on any atom is -0.196 e. The maximum Gasteiger partial charge on any atom is 0.162 e. The first-order valence-electron chi connectivity index (χ1n) is 3.25. The van der Waals surface area contributed by atoms with Gasteiger partial charge >= 0.3 is 0 Å². The third-order valence-electron chi connectivity index (χ3n) is 0.941. The van der Waals surface area contributed by atoms with Crippen molar-refractivity contribution in [3.8, 4) is 12.1 Å². The second kappa shape index (κ2) is 3.68. The molecule has 0 N–H and O–H groups in total. The van der Waals surface area contributed by atoms with E-state index in [2.05, 4.69) is 10.2 Å². The molecule has 58 valence electrons. The van der Waals surface area contributed by atoms with E-state index in [4.69, 9.17) is 10.5 Å². The summed E-state index contributed by atoms with van der Waals surface area (Å²) in [5, 5.41) is 24.1. The predicted molar refractivity (Wildman–Crippen MR) is 39.6 cm³/mol. The third-order valence-corrected chi connectivity index (χ3v) is 0.941. The van der Waals surface area contributed by atoms with E-state index in [1.807, 2.05) is 12.1 Å². The lowest BCUT2D eigenvalue weighted by atomic mass is 10.1. The van der Waals surface area contributed by atoms with Crippen molar-refractivity contribution in [3.63, 3.8) is 0 Å². The molecule has 0 rings (SSSR count). The zero-order valence-electron chi connectivity index (χ0n) is 6.87. The highest BCUT2D eigenvalue weighted by Gasteiger charge is 2.14. The fraction of sp³-hybridized carbons (Fsp3) is 0.714. The Morgan fingerprint density at radius 1 is 1.36 bits per heavy atom. The van der Waals surface area contributed by atoms with Crippen LogP contribution in [0.5, 0.6) is 0 Å². The maximum absolute atomic E-state index is 8.49. The molecule has 0 aromatic heterocycles. The van der Waals surface area contributed by atoms with E-state index in [1.54, 1.807) is 20.8 Å². The second-order valence-corrected chi connectivity index (χ2v) is 2.69. The largest absolute Gasteiger partial charge is 0.196 e. The molecule has 1 atom stereocenters. The smallest absolute Gasteiger partial charge is 0.162 e. The zero-order valence-corrected chi connectivity index (χ0v) is 6.87. The number of nitriles is 2. The van der Waals surface area contributed by atoms with Gasteiger partial charge in [0, 0.05) is 0 Å². The molecule has 0 heterocycles. The fourth-order valence-corrected chi connectivity index (χ4v) is 0.279. The van der Waals surface area contributed by atoms with Crippen LogP contribution in [0.2, 0.25) is 0 Å². The van der Waals surface area contributed by atoms with Crippen molar-refractivity contribution in [1.29, 1.82) is 10.5 Å². The molecule has 4 heteroatoms. The maximum atomic E-state index is 8.49. The van der Waals surface area contributed by atoms with Crippen LogP contribution in [0.25, 0.3) is 0 Å². The molecular formula is C7H10N4. The molecule has 0 spiro atoms. The predicted octanol–water partition coefficient (Wildman–Crippen LogP) is 1.65. The highest BCUT2D eigenvalue weighted by Crippen LogP contribution is 2.07. The lowest BCUT2D eigenvalue weighted by molar-refractivity contribution is 0.603. The Balaban J connectivity index is 4.18. The second-order valence-electron chi connectivity index (χ2n) is 2.69. The van der Waals surface area contributed by atoms with Crippen molar-refractivity contribution in [2.45, 2.75) is 32.4 Å². The van der Waals surface area contributed by atoms with Crippen molar-refractivity contribution in [2.75, 3.05) is 0 Å². The van der Waals surface area contributed by atoms with Crippen molar-refractivity contribution in [1.82, 2.24) is 0 Å². The molecule has 0 saturated carbocycles. The number of azo groups is 1. The van der Waals surface area contributed by atoms with Gasteiger partial charge in [0.05, 0.1) is 12.1 Å². The molecule has 0 saturated heterocycles. The Morgan fingerprint density at radius 3 is 2.27 bits per heavy atom. The van der Waals surface area contributed by atoms with E-state index in [0.717, 1.165) is 0 Å². The molecular weight excluding hydrogens is 140 g/mol. The summed E-state index contributed by atoms with van der Waals surface area (Å²) in [5.41, 5.74) is -0.814. The Bertz CT molecular complexity index is 228. The standard InChI is InChI=1S/C7H10N4/c1-6(4-8)10-11-7(2,3)5-9/h6H,1-3H3/b11-10+. The summed E-state index contributed by atoms with van der Waals surface area (Å²) in [6, 6.07) is 3.37. The molecule has 0 aliphatic heterocycles. The van der Waals surface area contributed by atoms with Gasteiger partial charge in [-0.15, -0.1) is 0 Å². The topological polar surface area (TPSA) is 72.3 Å². The summed E-state index contributed by atoms with van der Waals surface area (Å²) in [6.45, 7) is 4.90. The first-order valence-corrected chi connectivity index (χ1v) is 3.25. The molecule has 11 heavy (non-hydrogen) atoms. The van der Waals surface area contributed by atoms with E-state index in [9.17, 15) is 0 Å². The molecule has 1 unspecified atom stereocenters. The molecule has 0 radical (unpaired) electrons. The molecule has 0 aromatic rings. The number of hydrogen-bond acceptors (Lipinski definition) is 4. The Kier molecular flexibility index (Phi) is 3.20. The molecule has 0 aromatic carbocycles. The monoisotopic (exact) mass is 150 g/mol. The fourth-order valence-electron chi connectivity index (χ4n) is 0.279. The van der Waals surface area contributed by atoms with E-state index in [0.29, 0.717) is 0 Å². The average Bonchev–Trinajstić information content (AvgIpc) is 2.00. The lowest BCUT2D eigenvalue weighted by Crippen LogP contribution is -2.12. The van der Waals surface area contributed by atoms with Crippen LogP contribution in [-0.2, 0) is 0 Å². The molecule has 4 nitrogen and oxygen atoms in total. The minimum absolute atomic E-state index is 0.470. The quantitative estimate of drug-likeness (QED) is 0.561. The molecule has 0 fully saturated rings. The average molecular weight is 150 g/mol. The summed E-state index contributed by atoms with van der Waals surface area (Å²) in [7, 11) is 0. The Hall–Kier alpha value is -1.42. The number of nitrogens with zero attached hydrogens (tertiary/aromatic N) is 4. The Morgan fingerprint density at radius 2 is 1.91 bits per heavy atom. The van der Waals surface area contributed by atoms with Gasteiger partial charge in [-0.3, -0.25) is 0 Å². The van der Waals surface area contributed by atoms with Crippen LogP contribution in [0.3, 0.4) is 0 Å². The van der Waals surface area contributed by atoms with Crippen LogP contribution in [0.4, 0.5) is 0 Å². The summed E-state index contributed by atoms with van der Waals surface area (Å²) in [4.78, 5) is 0. The first-order chi connectivity index (χ1) is 5.02. The summed E-state index contributed by atoms with van der Waals surface area (Å²) in [6.07, 6.45) is 0. The lowest BCUT2D eigenvalue weighted by Gasteiger charge is -2.05. The van der Waals surface area contributed by atoms with Gasteiger partial charge in [0.15, 0.2) is 11.6 Å². The number of hydrogen-bond donors (Lipinski definition) is 0.